The molecule has 4 N–H and O–H groups in total. The van der Waals surface area contributed by atoms with E-state index in [1.165, 1.54) is 26.0 Å². The fourth-order valence-electron chi connectivity index (χ4n) is 0.296. The number of hydrogen-bond acceptors (Lipinski definition) is 4. The van der Waals surface area contributed by atoms with Gasteiger partial charge >= 0.3 is 11.9 Å². The van der Waals surface area contributed by atoms with Crippen molar-refractivity contribution in [1.82, 2.24) is 0 Å². The first-order valence-corrected chi connectivity index (χ1v) is 5.49. The SMILES string of the molecule is C=C(C)C(=O)O.C=C(C)C(=O)O.CC=C(O)C(O)=CC. The zero-order valence-corrected chi connectivity index (χ0v) is 12.2. The van der Waals surface area contributed by atoms with E-state index in [1.54, 1.807) is 13.8 Å². The normalized spacial score (nSPS) is 10.2. The second-order valence-corrected chi connectivity index (χ2v) is 3.52. The molecule has 0 radical (unpaired) electrons. The Kier molecular flexibility index (Phi) is 14.7. The standard InChI is InChI=1S/C6H10O2.2C4H6O2/c1-3-5(7)6(8)4-2;2*1-3(2)4(5)6/h3-4,7-8H,1-2H3;2*1H2,2H3,(H,5,6). The quantitative estimate of drug-likeness (QED) is 0.360. The lowest BCUT2D eigenvalue weighted by molar-refractivity contribution is -0.133. The molecule has 0 aliphatic carbocycles. The van der Waals surface area contributed by atoms with Gasteiger partial charge in [0.05, 0.1) is 0 Å². The fourth-order valence-corrected chi connectivity index (χ4v) is 0.296. The summed E-state index contributed by atoms with van der Waals surface area (Å²) in [5.74, 6) is -2.02. The molecule has 0 aromatic carbocycles. The highest BCUT2D eigenvalue weighted by atomic mass is 16.4. The molecule has 0 saturated carbocycles. The highest BCUT2D eigenvalue weighted by Gasteiger charge is 1.92. The van der Waals surface area contributed by atoms with Crippen LogP contribution < -0.4 is 0 Å². The molecule has 0 spiro atoms. The minimum atomic E-state index is -0.935. The first kappa shape index (κ1) is 22.7. The summed E-state index contributed by atoms with van der Waals surface area (Å²) in [6, 6.07) is 0. The Morgan fingerprint density at radius 3 is 0.950 bits per heavy atom. The number of allylic oxidation sites excluding steroid dienone is 2. The lowest BCUT2D eigenvalue weighted by atomic mass is 10.4. The molecule has 114 valence electrons. The van der Waals surface area contributed by atoms with Crippen molar-refractivity contribution >= 4 is 11.9 Å². The maximum atomic E-state index is 9.60. The van der Waals surface area contributed by atoms with Crippen LogP contribution in [0.5, 0.6) is 0 Å². The molecule has 0 aliphatic heterocycles. The van der Waals surface area contributed by atoms with Crippen molar-refractivity contribution in [1.29, 1.82) is 0 Å². The Bertz CT molecular complexity index is 351. The van der Waals surface area contributed by atoms with Crippen LogP contribution in [0.15, 0.2) is 48.0 Å². The van der Waals surface area contributed by atoms with E-state index in [0.717, 1.165) is 0 Å². The first-order valence-electron chi connectivity index (χ1n) is 5.49. The molecule has 0 unspecified atom stereocenters. The van der Waals surface area contributed by atoms with Gasteiger partial charge in [0.15, 0.2) is 11.5 Å². The fraction of sp³-hybridized carbons (Fsp3) is 0.286. The summed E-state index contributed by atoms with van der Waals surface area (Å²) < 4.78 is 0. The number of hydrogen-bond donors (Lipinski definition) is 4. The summed E-state index contributed by atoms with van der Waals surface area (Å²) in [5, 5.41) is 33.1. The number of rotatable bonds is 3. The van der Waals surface area contributed by atoms with Gasteiger partial charge in [-0.15, -0.1) is 0 Å². The van der Waals surface area contributed by atoms with E-state index in [4.69, 9.17) is 20.4 Å². The molecule has 0 aromatic rings. The Labute approximate surface area is 118 Å². The molecule has 0 amide bonds. The summed E-state index contributed by atoms with van der Waals surface area (Å²) in [7, 11) is 0. The van der Waals surface area contributed by atoms with Crippen LogP contribution in [0.25, 0.3) is 0 Å². The Morgan fingerprint density at radius 1 is 0.750 bits per heavy atom. The molecule has 0 fully saturated rings. The molecule has 0 rings (SSSR count). The Balaban J connectivity index is -0.000000221. The Morgan fingerprint density at radius 2 is 0.900 bits per heavy atom. The van der Waals surface area contributed by atoms with Gasteiger partial charge in [0.25, 0.3) is 0 Å². The number of aliphatic hydroxyl groups is 2. The van der Waals surface area contributed by atoms with Crippen LogP contribution in [0.4, 0.5) is 0 Å². The average molecular weight is 286 g/mol. The predicted octanol–water partition coefficient (Wildman–Crippen LogP) is 3.20. The minimum Gasteiger partial charge on any atom is -0.504 e. The zero-order chi connectivity index (χ0) is 16.9. The van der Waals surface area contributed by atoms with E-state index >= 15 is 0 Å². The summed E-state index contributed by atoms with van der Waals surface area (Å²) >= 11 is 0. The second-order valence-electron chi connectivity index (χ2n) is 3.52. The van der Waals surface area contributed by atoms with E-state index in [0.29, 0.717) is 0 Å². The van der Waals surface area contributed by atoms with Gasteiger partial charge in [-0.1, -0.05) is 13.2 Å². The molecule has 6 heteroatoms. The van der Waals surface area contributed by atoms with Crippen molar-refractivity contribution in [2.24, 2.45) is 0 Å². The summed E-state index contributed by atoms with van der Waals surface area (Å²) in [6.07, 6.45) is 2.85. The van der Waals surface area contributed by atoms with Gasteiger partial charge in [0.1, 0.15) is 0 Å². The lowest BCUT2D eigenvalue weighted by Crippen LogP contribution is -1.92. The van der Waals surface area contributed by atoms with Gasteiger partial charge in [-0.25, -0.2) is 9.59 Å². The van der Waals surface area contributed by atoms with Crippen LogP contribution in [0, 0.1) is 0 Å². The van der Waals surface area contributed by atoms with Crippen molar-refractivity contribution in [3.05, 3.63) is 48.0 Å². The molecule has 0 atom stereocenters. The van der Waals surface area contributed by atoms with Crippen molar-refractivity contribution in [2.75, 3.05) is 0 Å². The van der Waals surface area contributed by atoms with Crippen LogP contribution in [0.2, 0.25) is 0 Å². The van der Waals surface area contributed by atoms with Crippen LogP contribution >= 0.6 is 0 Å². The summed E-state index contributed by atoms with van der Waals surface area (Å²) in [4.78, 5) is 19.2. The third-order valence-electron chi connectivity index (χ3n) is 1.54. The van der Waals surface area contributed by atoms with Crippen molar-refractivity contribution in [3.8, 4) is 0 Å². The van der Waals surface area contributed by atoms with E-state index in [1.807, 2.05) is 0 Å². The maximum Gasteiger partial charge on any atom is 0.330 e. The smallest absolute Gasteiger partial charge is 0.330 e. The molecule has 0 aromatic heterocycles. The third kappa shape index (κ3) is 17.9. The van der Waals surface area contributed by atoms with Gasteiger partial charge in [0, 0.05) is 11.1 Å². The van der Waals surface area contributed by atoms with Crippen LogP contribution in [-0.4, -0.2) is 32.4 Å². The van der Waals surface area contributed by atoms with Gasteiger partial charge < -0.3 is 20.4 Å². The summed E-state index contributed by atoms with van der Waals surface area (Å²) in [6.45, 7) is 12.5. The highest BCUT2D eigenvalue weighted by Crippen LogP contribution is 1.99. The van der Waals surface area contributed by atoms with Gasteiger partial charge in [-0.3, -0.25) is 0 Å². The molecule has 20 heavy (non-hydrogen) atoms. The predicted molar refractivity (Wildman–Crippen MR) is 77.7 cm³/mol. The maximum absolute atomic E-state index is 9.60. The lowest BCUT2D eigenvalue weighted by Gasteiger charge is -1.92. The molecule has 0 saturated heterocycles. The van der Waals surface area contributed by atoms with Gasteiger partial charge in [0.2, 0.25) is 0 Å². The van der Waals surface area contributed by atoms with Crippen molar-refractivity contribution in [2.45, 2.75) is 27.7 Å². The van der Waals surface area contributed by atoms with Crippen molar-refractivity contribution in [3.63, 3.8) is 0 Å². The number of carbonyl (C=O) groups is 2. The van der Waals surface area contributed by atoms with E-state index in [-0.39, 0.29) is 22.7 Å². The molecular weight excluding hydrogens is 264 g/mol. The van der Waals surface area contributed by atoms with Gasteiger partial charge in [-0.05, 0) is 39.8 Å². The monoisotopic (exact) mass is 286 g/mol. The number of aliphatic carboxylic acids is 2. The topological polar surface area (TPSA) is 115 Å². The first-order chi connectivity index (χ1) is 9.00. The highest BCUT2D eigenvalue weighted by molar-refractivity contribution is 5.85. The van der Waals surface area contributed by atoms with Crippen molar-refractivity contribution < 1.29 is 30.0 Å². The molecular formula is C14H22O6. The Hall–Kier alpha value is -2.50. The third-order valence-corrected chi connectivity index (χ3v) is 1.54. The number of carboxylic acids is 2. The average Bonchev–Trinajstić information content (AvgIpc) is 2.37. The largest absolute Gasteiger partial charge is 0.504 e. The van der Waals surface area contributed by atoms with Crippen LogP contribution in [0.3, 0.4) is 0 Å². The van der Waals surface area contributed by atoms with E-state index in [2.05, 4.69) is 13.2 Å². The van der Waals surface area contributed by atoms with Crippen LogP contribution in [-0.2, 0) is 9.59 Å². The number of aliphatic hydroxyl groups excluding tert-OH is 2. The number of carboxylic acid groups (broad SMARTS) is 2. The van der Waals surface area contributed by atoms with E-state index in [9.17, 15) is 9.59 Å². The molecule has 0 aliphatic rings. The minimum absolute atomic E-state index is 0.0764. The van der Waals surface area contributed by atoms with Crippen LogP contribution in [0.1, 0.15) is 27.7 Å². The molecule has 0 bridgehead atoms. The zero-order valence-electron chi connectivity index (χ0n) is 12.2. The summed E-state index contributed by atoms with van der Waals surface area (Å²) in [5.41, 5.74) is 0.352. The second kappa shape index (κ2) is 12.9. The molecule has 0 heterocycles. The molecule has 6 nitrogen and oxygen atoms in total. The van der Waals surface area contributed by atoms with Gasteiger partial charge in [-0.2, -0.15) is 0 Å². The van der Waals surface area contributed by atoms with E-state index < -0.39 is 11.9 Å².